The zero-order valence-electron chi connectivity index (χ0n) is 8.90. The summed E-state index contributed by atoms with van der Waals surface area (Å²) in [6.07, 6.45) is 0. The van der Waals surface area contributed by atoms with Gasteiger partial charge in [-0.3, -0.25) is 4.79 Å². The first-order valence-electron chi connectivity index (χ1n) is 4.56. The predicted octanol–water partition coefficient (Wildman–Crippen LogP) is 1.35. The van der Waals surface area contributed by atoms with Crippen molar-refractivity contribution >= 4 is 11.9 Å². The van der Waals surface area contributed by atoms with Crippen LogP contribution < -0.4 is 5.73 Å². The molecule has 0 aromatic heterocycles. The first-order valence-corrected chi connectivity index (χ1v) is 4.56. The normalized spacial score (nSPS) is 8.40. The van der Waals surface area contributed by atoms with E-state index in [0.29, 0.717) is 12.2 Å². The van der Waals surface area contributed by atoms with Gasteiger partial charge in [0.25, 0.3) is 0 Å². The molecule has 0 unspecified atom stereocenters. The molecule has 82 valence electrons. The monoisotopic (exact) mass is 209 g/mol. The quantitative estimate of drug-likeness (QED) is 0.747. The molecular formula is C11H15NO3. The highest BCUT2D eigenvalue weighted by molar-refractivity contribution is 5.89. The molecule has 0 bridgehead atoms. The number of nitrogens with two attached hydrogens (primary N) is 1. The maximum Gasteiger partial charge on any atom is 0.338 e. The molecule has 0 saturated carbocycles. The van der Waals surface area contributed by atoms with Crippen molar-refractivity contribution in [3.63, 3.8) is 0 Å². The van der Waals surface area contributed by atoms with Gasteiger partial charge in [-0.25, -0.2) is 4.79 Å². The molecule has 15 heavy (non-hydrogen) atoms. The van der Waals surface area contributed by atoms with Crippen molar-refractivity contribution in [3.8, 4) is 0 Å². The topological polar surface area (TPSA) is 69.4 Å². The maximum absolute atomic E-state index is 11.0. The third-order valence-electron chi connectivity index (χ3n) is 1.28. The summed E-state index contributed by atoms with van der Waals surface area (Å²) in [6, 6.07) is 8.96. The number of carbonyl (C=O) groups excluding carboxylic acids is 2. The molecule has 1 aromatic rings. The van der Waals surface area contributed by atoms with E-state index in [4.69, 9.17) is 4.74 Å². The van der Waals surface area contributed by atoms with E-state index in [0.717, 1.165) is 0 Å². The highest BCUT2D eigenvalue weighted by Gasteiger charge is 2.02. The molecule has 0 aliphatic heterocycles. The second kappa shape index (κ2) is 7.55. The number of primary amides is 1. The van der Waals surface area contributed by atoms with Crippen LogP contribution >= 0.6 is 0 Å². The number of hydrogen-bond acceptors (Lipinski definition) is 3. The number of esters is 1. The minimum atomic E-state index is -0.333. The van der Waals surface area contributed by atoms with Crippen LogP contribution in [-0.4, -0.2) is 18.5 Å². The second-order valence-corrected chi connectivity index (χ2v) is 2.70. The maximum atomic E-state index is 11.0. The number of rotatable bonds is 2. The SMILES string of the molecule is CC(N)=O.CCOC(=O)c1ccccc1. The molecule has 0 aliphatic carbocycles. The third-order valence-corrected chi connectivity index (χ3v) is 1.28. The van der Waals surface area contributed by atoms with Crippen LogP contribution in [0.15, 0.2) is 30.3 Å². The van der Waals surface area contributed by atoms with Crippen molar-refractivity contribution in [1.82, 2.24) is 0 Å². The summed E-state index contributed by atoms with van der Waals surface area (Å²) in [6.45, 7) is 3.52. The third kappa shape index (κ3) is 7.25. The molecule has 1 aromatic carbocycles. The highest BCUT2D eigenvalue weighted by Crippen LogP contribution is 1.99. The summed E-state index contributed by atoms with van der Waals surface area (Å²) in [5.41, 5.74) is 5.08. The lowest BCUT2D eigenvalue weighted by Gasteiger charge is -1.99. The van der Waals surface area contributed by atoms with Gasteiger partial charge < -0.3 is 10.5 Å². The summed E-state index contributed by atoms with van der Waals surface area (Å²) >= 11 is 0. The standard InChI is InChI=1S/C9H10O2.C2H5NO/c1-2-11-9(10)8-6-4-3-5-7-8;1-2(3)4/h3-7H,2H2,1H3;1H3,(H2,3,4). The van der Waals surface area contributed by atoms with E-state index in [9.17, 15) is 9.59 Å². The molecule has 2 N–H and O–H groups in total. The second-order valence-electron chi connectivity index (χ2n) is 2.70. The lowest BCUT2D eigenvalue weighted by molar-refractivity contribution is -0.115. The largest absolute Gasteiger partial charge is 0.462 e. The van der Waals surface area contributed by atoms with Gasteiger partial charge in [-0.1, -0.05) is 18.2 Å². The van der Waals surface area contributed by atoms with Crippen LogP contribution in [0.5, 0.6) is 0 Å². The van der Waals surface area contributed by atoms with Crippen molar-refractivity contribution in [3.05, 3.63) is 35.9 Å². The van der Waals surface area contributed by atoms with E-state index in [1.807, 2.05) is 18.2 Å². The Bertz CT molecular complexity index is 305. The molecule has 0 saturated heterocycles. The van der Waals surface area contributed by atoms with Gasteiger partial charge in [-0.2, -0.15) is 0 Å². The number of hydrogen-bond donors (Lipinski definition) is 1. The molecule has 0 atom stereocenters. The highest BCUT2D eigenvalue weighted by atomic mass is 16.5. The summed E-state index contributed by atoms with van der Waals surface area (Å²) < 4.78 is 4.79. The molecule has 1 amide bonds. The van der Waals surface area contributed by atoms with Crippen LogP contribution in [0.4, 0.5) is 0 Å². The van der Waals surface area contributed by atoms with Crippen LogP contribution in [0.1, 0.15) is 24.2 Å². The summed E-state index contributed by atoms with van der Waals surface area (Å²) in [4.78, 5) is 20.2. The Labute approximate surface area is 89.0 Å². The van der Waals surface area contributed by atoms with E-state index >= 15 is 0 Å². The van der Waals surface area contributed by atoms with Gasteiger partial charge in [-0.15, -0.1) is 0 Å². The fraction of sp³-hybridized carbons (Fsp3) is 0.273. The average molecular weight is 209 g/mol. The minimum Gasteiger partial charge on any atom is -0.462 e. The Morgan fingerprint density at radius 3 is 2.13 bits per heavy atom. The Hall–Kier alpha value is -1.84. The van der Waals surface area contributed by atoms with Gasteiger partial charge in [0.05, 0.1) is 12.2 Å². The first-order chi connectivity index (χ1) is 7.07. The lowest BCUT2D eigenvalue weighted by atomic mass is 10.2. The zero-order valence-corrected chi connectivity index (χ0v) is 8.90. The van der Waals surface area contributed by atoms with Crippen LogP contribution in [-0.2, 0) is 9.53 Å². The molecule has 0 fully saturated rings. The molecule has 0 spiro atoms. The summed E-state index contributed by atoms with van der Waals surface area (Å²) in [5, 5.41) is 0. The van der Waals surface area contributed by atoms with Crippen molar-refractivity contribution in [2.24, 2.45) is 5.73 Å². The predicted molar refractivity (Wildman–Crippen MR) is 57.3 cm³/mol. The van der Waals surface area contributed by atoms with Crippen molar-refractivity contribution in [2.75, 3.05) is 6.61 Å². The van der Waals surface area contributed by atoms with Gasteiger partial charge in [-0.05, 0) is 19.1 Å². The molecule has 0 radical (unpaired) electrons. The van der Waals surface area contributed by atoms with Gasteiger partial charge in [0.15, 0.2) is 0 Å². The van der Waals surface area contributed by atoms with Crippen molar-refractivity contribution in [2.45, 2.75) is 13.8 Å². The fourth-order valence-corrected chi connectivity index (χ4v) is 0.789. The van der Waals surface area contributed by atoms with E-state index in [-0.39, 0.29) is 11.9 Å². The van der Waals surface area contributed by atoms with Crippen LogP contribution in [0, 0.1) is 0 Å². The van der Waals surface area contributed by atoms with Crippen molar-refractivity contribution in [1.29, 1.82) is 0 Å². The number of ether oxygens (including phenoxy) is 1. The Balaban J connectivity index is 0.000000423. The average Bonchev–Trinajstić information content (AvgIpc) is 2.19. The number of benzene rings is 1. The molecule has 0 heterocycles. The van der Waals surface area contributed by atoms with Crippen LogP contribution in [0.2, 0.25) is 0 Å². The van der Waals surface area contributed by atoms with Gasteiger partial charge in [0, 0.05) is 6.92 Å². The van der Waals surface area contributed by atoms with Crippen LogP contribution in [0.3, 0.4) is 0 Å². The first kappa shape index (κ1) is 13.2. The van der Waals surface area contributed by atoms with Gasteiger partial charge in [0.1, 0.15) is 0 Å². The fourth-order valence-electron chi connectivity index (χ4n) is 0.789. The molecule has 0 aliphatic rings. The smallest absolute Gasteiger partial charge is 0.338 e. The summed E-state index contributed by atoms with van der Waals surface area (Å²) in [5.74, 6) is -0.590. The van der Waals surface area contributed by atoms with Gasteiger partial charge in [0.2, 0.25) is 5.91 Å². The zero-order chi connectivity index (χ0) is 11.7. The number of amides is 1. The number of carbonyl (C=O) groups is 2. The van der Waals surface area contributed by atoms with E-state index < -0.39 is 0 Å². The molecular weight excluding hydrogens is 194 g/mol. The molecule has 4 heteroatoms. The van der Waals surface area contributed by atoms with Crippen LogP contribution in [0.25, 0.3) is 0 Å². The minimum absolute atomic E-state index is 0.256. The van der Waals surface area contributed by atoms with E-state index in [1.165, 1.54) is 6.92 Å². The van der Waals surface area contributed by atoms with E-state index in [1.54, 1.807) is 19.1 Å². The Morgan fingerprint density at radius 2 is 1.73 bits per heavy atom. The Kier molecular flexibility index (Phi) is 6.63. The van der Waals surface area contributed by atoms with Gasteiger partial charge >= 0.3 is 5.97 Å². The molecule has 4 nitrogen and oxygen atoms in total. The summed E-state index contributed by atoms with van der Waals surface area (Å²) in [7, 11) is 0. The van der Waals surface area contributed by atoms with Crippen molar-refractivity contribution < 1.29 is 14.3 Å². The molecule has 1 rings (SSSR count). The Morgan fingerprint density at radius 1 is 1.27 bits per heavy atom. The van der Waals surface area contributed by atoms with E-state index in [2.05, 4.69) is 5.73 Å². The lowest BCUT2D eigenvalue weighted by Crippen LogP contribution is -2.03.